The number of carbonyl (C=O) groups is 1. The van der Waals surface area contributed by atoms with Gasteiger partial charge in [0.05, 0.1) is 10.0 Å². The van der Waals surface area contributed by atoms with Crippen molar-refractivity contribution < 1.29 is 4.79 Å². The highest BCUT2D eigenvalue weighted by Crippen LogP contribution is 2.35. The molecule has 0 amide bonds. The summed E-state index contributed by atoms with van der Waals surface area (Å²) in [7, 11) is 0. The first-order chi connectivity index (χ1) is 12.1. The van der Waals surface area contributed by atoms with Crippen LogP contribution in [-0.4, -0.2) is 43.4 Å². The number of nitrogens with one attached hydrogen (secondary N) is 1. The van der Waals surface area contributed by atoms with Gasteiger partial charge in [-0.05, 0) is 81.4 Å². The van der Waals surface area contributed by atoms with E-state index in [1.54, 1.807) is 6.07 Å². The molecule has 0 aliphatic carbocycles. The Hall–Kier alpha value is -0.610. The Balaban J connectivity index is 1.60. The van der Waals surface area contributed by atoms with E-state index in [2.05, 4.69) is 10.2 Å². The van der Waals surface area contributed by atoms with Crippen LogP contribution in [0.2, 0.25) is 10.0 Å². The average Bonchev–Trinajstić information content (AvgIpc) is 3.11. The fraction of sp³-hybridized carbons (Fsp3) is 0.650. The first-order valence-corrected chi connectivity index (χ1v) is 10.2. The monoisotopic (exact) mass is 382 g/mol. The van der Waals surface area contributed by atoms with Crippen LogP contribution in [0.4, 0.5) is 0 Å². The van der Waals surface area contributed by atoms with E-state index in [1.165, 1.54) is 32.4 Å². The number of ketones is 1. The van der Waals surface area contributed by atoms with Crippen molar-refractivity contribution >= 4 is 29.0 Å². The average molecular weight is 383 g/mol. The van der Waals surface area contributed by atoms with Crippen molar-refractivity contribution in [3.8, 4) is 0 Å². The van der Waals surface area contributed by atoms with E-state index in [-0.39, 0.29) is 5.41 Å². The molecule has 1 unspecified atom stereocenters. The van der Waals surface area contributed by atoms with Gasteiger partial charge in [-0.2, -0.15) is 0 Å². The highest BCUT2D eigenvalue weighted by Gasteiger charge is 2.34. The second kappa shape index (κ2) is 8.85. The number of Topliss-reactive ketones (excluding diaryl/α,β-unsaturated/α-hetero) is 1. The van der Waals surface area contributed by atoms with Crippen LogP contribution in [0.15, 0.2) is 18.2 Å². The number of benzene rings is 1. The molecule has 1 aromatic rings. The molecule has 1 aromatic carbocycles. The van der Waals surface area contributed by atoms with E-state index in [4.69, 9.17) is 23.2 Å². The van der Waals surface area contributed by atoms with E-state index in [9.17, 15) is 4.79 Å². The Morgan fingerprint density at radius 1 is 1.16 bits per heavy atom. The Bertz CT molecular complexity index is 593. The van der Waals surface area contributed by atoms with Gasteiger partial charge in [-0.1, -0.05) is 29.3 Å². The quantitative estimate of drug-likeness (QED) is 0.760. The first kappa shape index (κ1) is 19.2. The van der Waals surface area contributed by atoms with E-state index in [0.29, 0.717) is 28.7 Å². The van der Waals surface area contributed by atoms with Crippen LogP contribution in [0.1, 0.15) is 44.1 Å². The van der Waals surface area contributed by atoms with Crippen LogP contribution in [0.3, 0.4) is 0 Å². The Kier molecular flexibility index (Phi) is 6.79. The molecule has 2 aliphatic rings. The molecule has 25 heavy (non-hydrogen) atoms. The van der Waals surface area contributed by atoms with Crippen molar-refractivity contribution in [2.24, 2.45) is 5.41 Å². The predicted octanol–water partition coefficient (Wildman–Crippen LogP) is 4.35. The number of rotatable bonds is 7. The molecule has 2 aliphatic heterocycles. The van der Waals surface area contributed by atoms with Gasteiger partial charge >= 0.3 is 0 Å². The van der Waals surface area contributed by atoms with Crippen LogP contribution in [0.5, 0.6) is 0 Å². The molecule has 2 heterocycles. The lowest BCUT2D eigenvalue weighted by atomic mass is 9.73. The van der Waals surface area contributed by atoms with Gasteiger partial charge in [-0.3, -0.25) is 4.79 Å². The van der Waals surface area contributed by atoms with E-state index in [0.717, 1.165) is 38.0 Å². The van der Waals surface area contributed by atoms with Gasteiger partial charge in [0.25, 0.3) is 0 Å². The lowest BCUT2D eigenvalue weighted by molar-refractivity contribution is -0.121. The lowest BCUT2D eigenvalue weighted by Crippen LogP contribution is -2.43. The molecule has 1 atom stereocenters. The molecule has 0 spiro atoms. The highest BCUT2D eigenvalue weighted by molar-refractivity contribution is 6.42. The van der Waals surface area contributed by atoms with Gasteiger partial charge in [0.1, 0.15) is 5.78 Å². The Morgan fingerprint density at radius 2 is 1.96 bits per heavy atom. The lowest BCUT2D eigenvalue weighted by Gasteiger charge is -2.38. The number of likely N-dealkylation sites (tertiary alicyclic amines) is 1. The maximum atomic E-state index is 12.8. The maximum absolute atomic E-state index is 12.8. The molecule has 2 saturated heterocycles. The molecule has 3 nitrogen and oxygen atoms in total. The second-order valence-corrected chi connectivity index (χ2v) is 8.53. The first-order valence-electron chi connectivity index (χ1n) is 9.45. The smallest absolute Gasteiger partial charge is 0.137 e. The van der Waals surface area contributed by atoms with Gasteiger partial charge in [-0.25, -0.2) is 0 Å². The zero-order chi connectivity index (χ0) is 17.7. The van der Waals surface area contributed by atoms with Crippen molar-refractivity contribution in [2.75, 3.05) is 32.7 Å². The molecular formula is C20H28Cl2N2O. The van der Waals surface area contributed by atoms with Crippen LogP contribution < -0.4 is 5.32 Å². The summed E-state index contributed by atoms with van der Waals surface area (Å²) in [5.74, 6) is 0.309. The van der Waals surface area contributed by atoms with E-state index in [1.807, 2.05) is 12.1 Å². The topological polar surface area (TPSA) is 32.3 Å². The fourth-order valence-corrected chi connectivity index (χ4v) is 4.56. The van der Waals surface area contributed by atoms with Crippen molar-refractivity contribution in [3.05, 3.63) is 33.8 Å². The summed E-state index contributed by atoms with van der Waals surface area (Å²) < 4.78 is 0. The summed E-state index contributed by atoms with van der Waals surface area (Å²) in [4.78, 5) is 15.3. The predicted molar refractivity (Wildman–Crippen MR) is 105 cm³/mol. The van der Waals surface area contributed by atoms with Crippen molar-refractivity contribution in [2.45, 2.75) is 44.9 Å². The number of carbonyl (C=O) groups excluding carboxylic acids is 1. The Labute approximate surface area is 161 Å². The zero-order valence-corrected chi connectivity index (χ0v) is 16.3. The largest absolute Gasteiger partial charge is 0.316 e. The third kappa shape index (κ3) is 5.43. The minimum Gasteiger partial charge on any atom is -0.316 e. The van der Waals surface area contributed by atoms with Gasteiger partial charge in [0.15, 0.2) is 0 Å². The molecule has 138 valence electrons. The summed E-state index contributed by atoms with van der Waals surface area (Å²) in [5, 5.41) is 4.59. The van der Waals surface area contributed by atoms with Gasteiger partial charge in [0, 0.05) is 19.4 Å². The van der Waals surface area contributed by atoms with E-state index < -0.39 is 0 Å². The SMILES string of the molecule is O=C(Cc1ccc(Cl)c(Cl)c1)CC1(CCN2CCCC2)CCCNC1. The van der Waals surface area contributed by atoms with Crippen LogP contribution >= 0.6 is 23.2 Å². The molecule has 0 aromatic heterocycles. The van der Waals surface area contributed by atoms with Crippen molar-refractivity contribution in [1.82, 2.24) is 10.2 Å². The maximum Gasteiger partial charge on any atom is 0.137 e. The van der Waals surface area contributed by atoms with Crippen LogP contribution in [0, 0.1) is 5.41 Å². The molecule has 5 heteroatoms. The number of halogens is 2. The van der Waals surface area contributed by atoms with Crippen molar-refractivity contribution in [1.29, 1.82) is 0 Å². The number of piperidine rings is 1. The van der Waals surface area contributed by atoms with Crippen molar-refractivity contribution in [3.63, 3.8) is 0 Å². The third-order valence-corrected chi connectivity index (χ3v) is 6.41. The molecule has 1 N–H and O–H groups in total. The number of hydrogen-bond acceptors (Lipinski definition) is 3. The molecule has 2 fully saturated rings. The Morgan fingerprint density at radius 3 is 2.64 bits per heavy atom. The summed E-state index contributed by atoms with van der Waals surface area (Å²) in [6.07, 6.45) is 7.19. The molecule has 3 rings (SSSR count). The highest BCUT2D eigenvalue weighted by atomic mass is 35.5. The van der Waals surface area contributed by atoms with Crippen LogP contribution in [0.25, 0.3) is 0 Å². The second-order valence-electron chi connectivity index (χ2n) is 7.72. The summed E-state index contributed by atoms with van der Waals surface area (Å²) in [6, 6.07) is 5.50. The number of hydrogen-bond donors (Lipinski definition) is 1. The number of nitrogens with zero attached hydrogens (tertiary/aromatic N) is 1. The molecule has 0 saturated carbocycles. The minimum atomic E-state index is 0.119. The van der Waals surface area contributed by atoms with Gasteiger partial charge in [-0.15, -0.1) is 0 Å². The van der Waals surface area contributed by atoms with Gasteiger partial charge in [0.2, 0.25) is 0 Å². The molecule has 0 radical (unpaired) electrons. The molecular weight excluding hydrogens is 355 g/mol. The zero-order valence-electron chi connectivity index (χ0n) is 14.8. The summed E-state index contributed by atoms with van der Waals surface area (Å²) in [6.45, 7) is 5.61. The summed E-state index contributed by atoms with van der Waals surface area (Å²) >= 11 is 12.0. The summed E-state index contributed by atoms with van der Waals surface area (Å²) in [5.41, 5.74) is 1.08. The minimum absolute atomic E-state index is 0.119. The molecule has 0 bridgehead atoms. The van der Waals surface area contributed by atoms with E-state index >= 15 is 0 Å². The third-order valence-electron chi connectivity index (χ3n) is 5.68. The normalized spacial score (nSPS) is 24.6. The standard InChI is InChI=1S/C20H28Cl2N2O/c21-18-5-4-16(13-19(18)22)12-17(25)14-20(6-3-8-23-15-20)7-11-24-9-1-2-10-24/h4-5,13,23H,1-3,6-12,14-15H2. The van der Waals surface area contributed by atoms with Crippen LogP contribution in [-0.2, 0) is 11.2 Å². The fourth-order valence-electron chi connectivity index (χ4n) is 4.24. The van der Waals surface area contributed by atoms with Gasteiger partial charge < -0.3 is 10.2 Å².